The Morgan fingerprint density at radius 1 is 1.19 bits per heavy atom. The predicted molar refractivity (Wildman–Crippen MR) is 94.7 cm³/mol. The third-order valence-corrected chi connectivity index (χ3v) is 4.46. The Hall–Kier alpha value is -3.62. The van der Waals surface area contributed by atoms with Gasteiger partial charge in [-0.05, 0) is 19.9 Å². The van der Waals surface area contributed by atoms with E-state index in [4.69, 9.17) is 0 Å². The molecule has 4 aromatic heterocycles. The number of pyridine rings is 1. The number of H-pyrrole nitrogens is 1. The summed E-state index contributed by atoms with van der Waals surface area (Å²) in [4.78, 5) is 26.7. The summed E-state index contributed by atoms with van der Waals surface area (Å²) in [5.41, 5.74) is 1.57. The van der Waals surface area contributed by atoms with Crippen LogP contribution in [-0.4, -0.2) is 35.6 Å². The minimum absolute atomic E-state index is 0.0606. The maximum Gasteiger partial charge on any atom is 0.333 e. The van der Waals surface area contributed by atoms with Crippen molar-refractivity contribution in [2.75, 3.05) is 0 Å². The lowest BCUT2D eigenvalue weighted by Gasteiger charge is -2.07. The number of rotatable bonds is 3. The quantitative estimate of drug-likeness (QED) is 0.538. The first kappa shape index (κ1) is 16.8. The molecule has 0 aliphatic rings. The van der Waals surface area contributed by atoms with Crippen molar-refractivity contribution in [2.24, 2.45) is 0 Å². The maximum absolute atomic E-state index is 14.3. The number of allylic oxidation sites excluding steroid dienone is 1. The molecular formula is C18H13F2N5O2. The fourth-order valence-electron chi connectivity index (χ4n) is 2.85. The third-order valence-electron chi connectivity index (χ3n) is 4.46. The molecule has 0 fully saturated rings. The lowest BCUT2D eigenvalue weighted by molar-refractivity contribution is -0.132. The number of carboxylic acid groups (broad SMARTS) is 1. The van der Waals surface area contributed by atoms with Gasteiger partial charge < -0.3 is 14.7 Å². The van der Waals surface area contributed by atoms with Crippen LogP contribution >= 0.6 is 0 Å². The number of halogens is 2. The van der Waals surface area contributed by atoms with Crippen molar-refractivity contribution in [2.45, 2.75) is 13.8 Å². The van der Waals surface area contributed by atoms with Gasteiger partial charge in [-0.3, -0.25) is 0 Å². The zero-order valence-electron chi connectivity index (χ0n) is 14.3. The summed E-state index contributed by atoms with van der Waals surface area (Å²) in [6, 6.07) is 1.31. The van der Waals surface area contributed by atoms with Gasteiger partial charge in [-0.1, -0.05) is 0 Å². The predicted octanol–water partition coefficient (Wildman–Crippen LogP) is 3.59. The first-order valence-corrected chi connectivity index (χ1v) is 7.94. The second-order valence-corrected chi connectivity index (χ2v) is 6.05. The number of fused-ring (bicyclic) bond motifs is 2. The Morgan fingerprint density at radius 3 is 2.70 bits per heavy atom. The van der Waals surface area contributed by atoms with E-state index in [1.807, 2.05) is 0 Å². The molecule has 0 atom stereocenters. The smallest absolute Gasteiger partial charge is 0.333 e. The van der Waals surface area contributed by atoms with Crippen LogP contribution in [-0.2, 0) is 4.79 Å². The molecule has 27 heavy (non-hydrogen) atoms. The highest BCUT2D eigenvalue weighted by Crippen LogP contribution is 2.29. The lowest BCUT2D eigenvalue weighted by atomic mass is 10.2. The number of nitrogens with one attached hydrogen (secondary N) is 1. The molecule has 0 saturated heterocycles. The average Bonchev–Trinajstić information content (AvgIpc) is 3.21. The van der Waals surface area contributed by atoms with Crippen LogP contribution in [0.1, 0.15) is 13.8 Å². The number of hydrogen-bond donors (Lipinski definition) is 2. The molecule has 136 valence electrons. The molecule has 9 heteroatoms. The van der Waals surface area contributed by atoms with E-state index in [0.717, 1.165) is 6.20 Å². The monoisotopic (exact) mass is 369 g/mol. The second kappa shape index (κ2) is 5.97. The van der Waals surface area contributed by atoms with Crippen molar-refractivity contribution < 1.29 is 18.7 Å². The highest BCUT2D eigenvalue weighted by molar-refractivity contribution is 5.95. The van der Waals surface area contributed by atoms with Gasteiger partial charge in [0, 0.05) is 35.2 Å². The number of carbonyl (C=O) groups is 1. The summed E-state index contributed by atoms with van der Waals surface area (Å²) < 4.78 is 29.2. The van der Waals surface area contributed by atoms with Crippen LogP contribution in [0.25, 0.3) is 39.2 Å². The molecule has 0 radical (unpaired) electrons. The highest BCUT2D eigenvalue weighted by Gasteiger charge is 2.18. The number of aliphatic carboxylic acids is 1. The number of aromatic amines is 1. The van der Waals surface area contributed by atoms with Crippen LogP contribution in [0.4, 0.5) is 8.78 Å². The topological polar surface area (TPSA) is 96.7 Å². The van der Waals surface area contributed by atoms with Crippen LogP contribution < -0.4 is 0 Å². The molecule has 0 aliphatic carbocycles. The fourth-order valence-corrected chi connectivity index (χ4v) is 2.85. The first-order valence-electron chi connectivity index (χ1n) is 7.94. The Bertz CT molecular complexity index is 1260. The fraction of sp³-hybridized carbons (Fsp3) is 0.111. The van der Waals surface area contributed by atoms with Gasteiger partial charge in [0.2, 0.25) is 0 Å². The molecule has 4 rings (SSSR count). The van der Waals surface area contributed by atoms with Gasteiger partial charge in [-0.25, -0.2) is 28.5 Å². The van der Waals surface area contributed by atoms with Crippen LogP contribution in [0.15, 0.2) is 36.4 Å². The summed E-state index contributed by atoms with van der Waals surface area (Å²) in [5, 5.41) is 9.84. The van der Waals surface area contributed by atoms with Crippen molar-refractivity contribution in [3.05, 3.63) is 48.1 Å². The molecule has 0 unspecified atom stereocenters. The summed E-state index contributed by atoms with van der Waals surface area (Å²) in [6.45, 7) is 2.99. The standard InChI is InChI=1S/C18H13F2N5O2/c1-8(18(26)27)9(2)25-7-14(20)13-6-23-16(24-17(13)25)12-5-22-15-11(12)3-10(19)4-21-15/h3-7H,1-2H3,(H,21,22)(H,26,27)/b9-8-. The van der Waals surface area contributed by atoms with E-state index in [0.29, 0.717) is 22.3 Å². The van der Waals surface area contributed by atoms with Crippen LogP contribution in [0.3, 0.4) is 0 Å². The summed E-state index contributed by atoms with van der Waals surface area (Å²) in [6.07, 6.45) is 5.17. The number of carboxylic acids is 1. The Kier molecular flexibility index (Phi) is 3.72. The van der Waals surface area contributed by atoms with E-state index in [2.05, 4.69) is 19.9 Å². The van der Waals surface area contributed by atoms with E-state index in [1.165, 1.54) is 30.0 Å². The van der Waals surface area contributed by atoms with Crippen LogP contribution in [0, 0.1) is 11.6 Å². The molecule has 0 aromatic carbocycles. The van der Waals surface area contributed by atoms with E-state index < -0.39 is 17.6 Å². The summed E-state index contributed by atoms with van der Waals surface area (Å²) >= 11 is 0. The summed E-state index contributed by atoms with van der Waals surface area (Å²) in [5.74, 6) is -1.95. The molecule has 0 saturated carbocycles. The largest absolute Gasteiger partial charge is 0.478 e. The van der Waals surface area contributed by atoms with Gasteiger partial charge in [0.15, 0.2) is 17.3 Å². The molecule has 0 spiro atoms. The second-order valence-electron chi connectivity index (χ2n) is 6.05. The zero-order chi connectivity index (χ0) is 19.3. The molecular weight excluding hydrogens is 356 g/mol. The zero-order valence-corrected chi connectivity index (χ0v) is 14.3. The van der Waals surface area contributed by atoms with Crippen LogP contribution in [0.5, 0.6) is 0 Å². The van der Waals surface area contributed by atoms with E-state index in [-0.39, 0.29) is 22.4 Å². The van der Waals surface area contributed by atoms with E-state index >= 15 is 0 Å². The van der Waals surface area contributed by atoms with Crippen molar-refractivity contribution in [1.29, 1.82) is 0 Å². The van der Waals surface area contributed by atoms with Gasteiger partial charge in [-0.15, -0.1) is 0 Å². The van der Waals surface area contributed by atoms with Gasteiger partial charge in [-0.2, -0.15) is 0 Å². The normalized spacial score (nSPS) is 12.6. The third kappa shape index (κ3) is 2.64. The van der Waals surface area contributed by atoms with Crippen LogP contribution in [0.2, 0.25) is 0 Å². The molecule has 0 bridgehead atoms. The Morgan fingerprint density at radius 2 is 1.96 bits per heavy atom. The van der Waals surface area contributed by atoms with Crippen molar-refractivity contribution >= 4 is 33.7 Å². The molecule has 4 aromatic rings. The van der Waals surface area contributed by atoms with Gasteiger partial charge >= 0.3 is 5.97 Å². The van der Waals surface area contributed by atoms with E-state index in [9.17, 15) is 18.7 Å². The molecule has 0 aliphatic heterocycles. The lowest BCUT2D eigenvalue weighted by Crippen LogP contribution is -2.04. The molecule has 0 amide bonds. The van der Waals surface area contributed by atoms with Gasteiger partial charge in [0.05, 0.1) is 17.2 Å². The summed E-state index contributed by atoms with van der Waals surface area (Å²) in [7, 11) is 0. The molecule has 7 nitrogen and oxygen atoms in total. The maximum atomic E-state index is 14.3. The first-order chi connectivity index (χ1) is 12.9. The van der Waals surface area contributed by atoms with Gasteiger partial charge in [0.25, 0.3) is 0 Å². The molecule has 2 N–H and O–H groups in total. The Balaban J connectivity index is 1.97. The minimum atomic E-state index is -1.11. The minimum Gasteiger partial charge on any atom is -0.478 e. The highest BCUT2D eigenvalue weighted by atomic mass is 19.1. The number of hydrogen-bond acceptors (Lipinski definition) is 4. The molecule has 4 heterocycles. The SMILES string of the molecule is C/C(C(=O)O)=C(\C)n1cc(F)c2cnc(-c3c[nH]c4ncc(F)cc34)nc21. The Labute approximate surface area is 151 Å². The average molecular weight is 369 g/mol. The number of aromatic nitrogens is 5. The van der Waals surface area contributed by atoms with Crippen molar-refractivity contribution in [3.8, 4) is 11.4 Å². The van der Waals surface area contributed by atoms with Crippen molar-refractivity contribution in [1.82, 2.24) is 24.5 Å². The number of nitrogens with zero attached hydrogens (tertiary/aromatic N) is 4. The van der Waals surface area contributed by atoms with Crippen molar-refractivity contribution in [3.63, 3.8) is 0 Å². The van der Waals surface area contributed by atoms with E-state index in [1.54, 1.807) is 13.1 Å². The van der Waals surface area contributed by atoms with Gasteiger partial charge in [0.1, 0.15) is 11.5 Å².